The molecule has 0 saturated carbocycles. The van der Waals surface area contributed by atoms with E-state index in [4.69, 9.17) is 0 Å². The molecule has 10 heteroatoms. The maximum Gasteiger partial charge on any atom is 0.269 e. The van der Waals surface area contributed by atoms with Crippen molar-refractivity contribution in [3.05, 3.63) is 79.9 Å². The molecule has 2 saturated heterocycles. The molecule has 0 amide bonds. The van der Waals surface area contributed by atoms with Crippen molar-refractivity contribution >= 4 is 11.4 Å². The lowest BCUT2D eigenvalue weighted by Gasteiger charge is -2.42. The third kappa shape index (κ3) is 8.83. The molecule has 0 radical (unpaired) electrons. The van der Waals surface area contributed by atoms with Crippen molar-refractivity contribution in [1.82, 2.24) is 0 Å². The van der Waals surface area contributed by atoms with E-state index in [9.17, 15) is 20.2 Å². The summed E-state index contributed by atoms with van der Waals surface area (Å²) in [6, 6.07) is 14.1. The molecule has 2 aliphatic rings. The van der Waals surface area contributed by atoms with Crippen LogP contribution in [0.3, 0.4) is 0 Å². The Balaban J connectivity index is 0.00000253. The lowest BCUT2D eigenvalue weighted by atomic mass is 9.84. The number of rotatable bonds is 9. The van der Waals surface area contributed by atoms with Gasteiger partial charge >= 0.3 is 0 Å². The smallest absolute Gasteiger partial charge is 0.269 e. The number of nitro benzene ring substituents is 2. The molecule has 38 heavy (non-hydrogen) atoms. The van der Waals surface area contributed by atoms with Gasteiger partial charge in [-0.2, -0.15) is 0 Å². The Morgan fingerprint density at radius 3 is 1.18 bits per heavy atom. The minimum absolute atomic E-state index is 0. The first-order chi connectivity index (χ1) is 17.1. The third-order valence-electron chi connectivity index (χ3n) is 8.71. The zero-order chi connectivity index (χ0) is 25.8. The second kappa shape index (κ2) is 14.0. The molecule has 0 unspecified atom stereocenters. The number of nitrogens with zero attached hydrogens (tertiary/aromatic N) is 4. The average Bonchev–Trinajstić information content (AvgIpc) is 2.85. The van der Waals surface area contributed by atoms with E-state index in [2.05, 4.69) is 14.1 Å². The van der Waals surface area contributed by atoms with Crippen LogP contribution in [0.2, 0.25) is 0 Å². The van der Waals surface area contributed by atoms with E-state index < -0.39 is 0 Å². The molecule has 0 bridgehead atoms. The molecule has 2 heterocycles. The van der Waals surface area contributed by atoms with Gasteiger partial charge in [0, 0.05) is 35.4 Å². The van der Waals surface area contributed by atoms with Crippen molar-refractivity contribution in [1.29, 1.82) is 0 Å². The number of quaternary nitrogens is 2. The predicted octanol–water partition coefficient (Wildman–Crippen LogP) is -0.295. The van der Waals surface area contributed by atoms with Crippen LogP contribution < -0.4 is 34.0 Å². The summed E-state index contributed by atoms with van der Waals surface area (Å²) in [4.78, 5) is 21.1. The van der Waals surface area contributed by atoms with Gasteiger partial charge in [-0.15, -0.1) is 0 Å². The first kappa shape index (κ1) is 32.3. The second-order valence-electron chi connectivity index (χ2n) is 11.8. The number of nitro groups is 2. The van der Waals surface area contributed by atoms with Gasteiger partial charge in [-0.3, -0.25) is 20.2 Å². The van der Waals surface area contributed by atoms with Gasteiger partial charge in [-0.25, -0.2) is 0 Å². The standard InChI is InChI=1S/C28H40N4O4.2BrH/c1-31(21-25-5-9-27(10-6-25)29(33)34)17-13-23(14-18-31)3-4-24-15-19-32(2,20-16-24)22-26-7-11-28(12-8-26)30(35)36;;/h5-12,23-24H,3-4,13-22H2,1-2H3;2*1H/q+2;;/p-2. The Morgan fingerprint density at radius 1 is 0.632 bits per heavy atom. The number of hydrogen-bond acceptors (Lipinski definition) is 4. The topological polar surface area (TPSA) is 86.3 Å². The van der Waals surface area contributed by atoms with E-state index in [0.717, 1.165) is 33.9 Å². The molecule has 2 fully saturated rings. The summed E-state index contributed by atoms with van der Waals surface area (Å²) in [7, 11) is 4.64. The van der Waals surface area contributed by atoms with Gasteiger partial charge in [0.05, 0.1) is 50.1 Å². The zero-order valence-electron chi connectivity index (χ0n) is 22.4. The van der Waals surface area contributed by atoms with Crippen LogP contribution in [-0.4, -0.2) is 59.1 Å². The normalized spacial score (nSPS) is 27.0. The van der Waals surface area contributed by atoms with E-state index in [-0.39, 0.29) is 55.2 Å². The summed E-state index contributed by atoms with van der Waals surface area (Å²) in [5.74, 6) is 1.63. The van der Waals surface area contributed by atoms with Gasteiger partial charge in [0.15, 0.2) is 0 Å². The Bertz CT molecular complexity index is 964. The van der Waals surface area contributed by atoms with Gasteiger partial charge in [-0.1, -0.05) is 0 Å². The largest absolute Gasteiger partial charge is 1.00 e. The number of non-ortho nitro benzene ring substituents is 2. The third-order valence-corrected chi connectivity index (χ3v) is 8.71. The Labute approximate surface area is 247 Å². The van der Waals surface area contributed by atoms with E-state index in [1.807, 2.05) is 24.3 Å². The summed E-state index contributed by atoms with van der Waals surface area (Å²) in [6.07, 6.45) is 7.73. The van der Waals surface area contributed by atoms with Crippen molar-refractivity contribution in [2.24, 2.45) is 11.8 Å². The summed E-state index contributed by atoms with van der Waals surface area (Å²) in [5, 5.41) is 21.8. The highest BCUT2D eigenvalue weighted by molar-refractivity contribution is 5.33. The van der Waals surface area contributed by atoms with Crippen LogP contribution in [0, 0.1) is 32.1 Å². The second-order valence-corrected chi connectivity index (χ2v) is 11.8. The van der Waals surface area contributed by atoms with Crippen molar-refractivity contribution in [3.63, 3.8) is 0 Å². The molecule has 210 valence electrons. The zero-order valence-corrected chi connectivity index (χ0v) is 25.6. The summed E-state index contributed by atoms with van der Waals surface area (Å²) in [6.45, 7) is 6.59. The quantitative estimate of drug-likeness (QED) is 0.211. The number of benzene rings is 2. The Morgan fingerprint density at radius 2 is 0.921 bits per heavy atom. The molecule has 2 aliphatic heterocycles. The minimum atomic E-state index is -0.337. The number of likely N-dealkylation sites (tertiary alicyclic amines) is 2. The lowest BCUT2D eigenvalue weighted by Crippen LogP contribution is -3.00. The minimum Gasteiger partial charge on any atom is -1.00 e. The lowest BCUT2D eigenvalue weighted by molar-refractivity contribution is -0.928. The molecule has 4 rings (SSSR count). The first-order valence-electron chi connectivity index (χ1n) is 13.3. The number of piperidine rings is 2. The molecule has 0 N–H and O–H groups in total. The number of halogens is 2. The van der Waals surface area contributed by atoms with Crippen LogP contribution >= 0.6 is 0 Å². The van der Waals surface area contributed by atoms with E-state index >= 15 is 0 Å². The fraction of sp³-hybridized carbons (Fsp3) is 0.571. The molecular weight excluding hydrogens is 616 g/mol. The van der Waals surface area contributed by atoms with Crippen LogP contribution in [0.1, 0.15) is 49.7 Å². The van der Waals surface area contributed by atoms with Crippen LogP contribution in [0.5, 0.6) is 0 Å². The van der Waals surface area contributed by atoms with Crippen molar-refractivity contribution in [2.45, 2.75) is 51.6 Å². The maximum absolute atomic E-state index is 10.9. The van der Waals surface area contributed by atoms with E-state index in [1.165, 1.54) is 75.8 Å². The van der Waals surface area contributed by atoms with Gasteiger partial charge in [0.25, 0.3) is 11.4 Å². The fourth-order valence-electron chi connectivity index (χ4n) is 6.18. The van der Waals surface area contributed by atoms with Crippen LogP contribution in [0.15, 0.2) is 48.5 Å². The summed E-state index contributed by atoms with van der Waals surface area (Å²) >= 11 is 0. The monoisotopic (exact) mass is 654 g/mol. The van der Waals surface area contributed by atoms with Gasteiger partial charge < -0.3 is 42.9 Å². The first-order valence-corrected chi connectivity index (χ1v) is 13.3. The molecule has 0 aliphatic carbocycles. The summed E-state index contributed by atoms with van der Waals surface area (Å²) in [5.41, 5.74) is 2.68. The van der Waals surface area contributed by atoms with E-state index in [1.54, 1.807) is 24.3 Å². The maximum atomic E-state index is 10.9. The molecule has 8 nitrogen and oxygen atoms in total. The summed E-state index contributed by atoms with van der Waals surface area (Å²) < 4.78 is 2.05. The molecule has 0 aromatic heterocycles. The highest BCUT2D eigenvalue weighted by Gasteiger charge is 2.33. The molecular formula is C28H40Br2N4O4. The SMILES string of the molecule is C[N+]1(Cc2ccc([N+](=O)[O-])cc2)CCC(CCC2CC[N+](C)(Cc3ccc([N+](=O)[O-])cc3)CC2)CC1.[Br-].[Br-]. The van der Waals surface area contributed by atoms with Gasteiger partial charge in [-0.05, 0) is 74.6 Å². The molecule has 0 atom stereocenters. The van der Waals surface area contributed by atoms with Gasteiger partial charge in [0.1, 0.15) is 13.1 Å². The Hall–Kier alpha value is -1.88. The fourth-order valence-corrected chi connectivity index (χ4v) is 6.18. The molecule has 2 aromatic rings. The highest BCUT2D eigenvalue weighted by Crippen LogP contribution is 2.33. The Kier molecular flexibility index (Phi) is 11.9. The predicted molar refractivity (Wildman–Crippen MR) is 140 cm³/mol. The van der Waals surface area contributed by atoms with Crippen LogP contribution in [0.4, 0.5) is 11.4 Å². The van der Waals surface area contributed by atoms with Crippen LogP contribution in [0.25, 0.3) is 0 Å². The molecule has 2 aromatic carbocycles. The van der Waals surface area contributed by atoms with Crippen molar-refractivity contribution < 1.29 is 52.8 Å². The van der Waals surface area contributed by atoms with Crippen LogP contribution in [-0.2, 0) is 13.1 Å². The average molecular weight is 656 g/mol. The highest BCUT2D eigenvalue weighted by atomic mass is 79.9. The molecule has 0 spiro atoms. The van der Waals surface area contributed by atoms with Crippen molar-refractivity contribution in [3.8, 4) is 0 Å². The van der Waals surface area contributed by atoms with E-state index in [0.29, 0.717) is 0 Å². The van der Waals surface area contributed by atoms with Crippen molar-refractivity contribution in [2.75, 3.05) is 40.3 Å². The van der Waals surface area contributed by atoms with Gasteiger partial charge in [0.2, 0.25) is 0 Å². The number of hydrogen-bond donors (Lipinski definition) is 0.